The zero-order valence-corrected chi connectivity index (χ0v) is 23.0. The molecule has 0 N–H and O–H groups in total. The Morgan fingerprint density at radius 3 is 2.39 bits per heavy atom. The molecule has 0 bridgehead atoms. The first-order valence-corrected chi connectivity index (χ1v) is 14.5. The van der Waals surface area contributed by atoms with E-state index in [1.165, 1.54) is 5.56 Å². The number of nitrogens with zero attached hydrogens (tertiary/aromatic N) is 5. The van der Waals surface area contributed by atoms with Gasteiger partial charge in [-0.3, -0.25) is 9.69 Å². The standard InChI is InChI=1S/C34H31N5O2/c1-22-30-31(26-21-41-29-19-11-8-16-25(29)32(26)40)38-28-18-10-9-17-27(28)37(20-23-12-4-2-5-13-23)34(38)35-33(30)39(36-22)24-14-6-3-7-15-24/h2-7,9-10,12-15,17-18,21,25,29,31H,8,11,16,19-20H2,1H3. The summed E-state index contributed by atoms with van der Waals surface area (Å²) in [6, 6.07) is 28.5. The largest absolute Gasteiger partial charge is 0.497 e. The predicted octanol–water partition coefficient (Wildman–Crippen LogP) is 6.79. The Morgan fingerprint density at radius 2 is 1.59 bits per heavy atom. The maximum Gasteiger partial charge on any atom is 0.213 e. The molecule has 1 saturated carbocycles. The number of aliphatic imine (C=N–C) groups is 1. The third-order valence-corrected chi connectivity index (χ3v) is 8.88. The second kappa shape index (κ2) is 9.47. The van der Waals surface area contributed by atoms with Gasteiger partial charge in [-0.1, -0.05) is 67.1 Å². The highest BCUT2D eigenvalue weighted by Gasteiger charge is 2.49. The number of carbonyl (C=O) groups is 1. The van der Waals surface area contributed by atoms with E-state index in [-0.39, 0.29) is 17.8 Å². The molecule has 41 heavy (non-hydrogen) atoms. The molecule has 8 rings (SSSR count). The number of para-hydroxylation sites is 3. The number of anilines is 2. The van der Waals surface area contributed by atoms with Gasteiger partial charge in [-0.15, -0.1) is 0 Å². The Hall–Kier alpha value is -4.65. The number of ketones is 1. The van der Waals surface area contributed by atoms with Gasteiger partial charge in [0, 0.05) is 5.56 Å². The van der Waals surface area contributed by atoms with Gasteiger partial charge in [-0.2, -0.15) is 10.1 Å². The van der Waals surface area contributed by atoms with Crippen molar-refractivity contribution in [2.24, 2.45) is 10.9 Å². The van der Waals surface area contributed by atoms with Crippen molar-refractivity contribution >= 4 is 28.9 Å². The summed E-state index contributed by atoms with van der Waals surface area (Å²) in [5.74, 6) is 1.65. The molecular weight excluding hydrogens is 510 g/mol. The van der Waals surface area contributed by atoms with Gasteiger partial charge in [0.15, 0.2) is 11.6 Å². The van der Waals surface area contributed by atoms with E-state index in [4.69, 9.17) is 14.8 Å². The number of rotatable bonds is 4. The minimum absolute atomic E-state index is 0.0234. The molecule has 3 unspecified atom stereocenters. The molecule has 1 aliphatic carbocycles. The molecule has 3 atom stereocenters. The van der Waals surface area contributed by atoms with Crippen molar-refractivity contribution in [1.29, 1.82) is 0 Å². The average molecular weight is 542 g/mol. The molecule has 0 radical (unpaired) electrons. The van der Waals surface area contributed by atoms with Gasteiger partial charge in [-0.25, -0.2) is 4.68 Å². The number of guanidine groups is 1. The van der Waals surface area contributed by atoms with E-state index in [0.29, 0.717) is 12.1 Å². The number of hydrogen-bond acceptors (Lipinski definition) is 6. The number of carbonyl (C=O) groups excluding carboxylic acids is 1. The fourth-order valence-electron chi connectivity index (χ4n) is 6.95. The third kappa shape index (κ3) is 3.75. The fraction of sp³-hybridized carbons (Fsp3) is 0.265. The lowest BCUT2D eigenvalue weighted by molar-refractivity contribution is -0.127. The van der Waals surface area contributed by atoms with Gasteiger partial charge in [0.05, 0.1) is 53.1 Å². The second-order valence-corrected chi connectivity index (χ2v) is 11.3. The number of hydrogen-bond donors (Lipinski definition) is 0. The molecule has 0 spiro atoms. The van der Waals surface area contributed by atoms with E-state index in [1.54, 1.807) is 6.26 Å². The molecule has 4 heterocycles. The summed E-state index contributed by atoms with van der Waals surface area (Å²) in [6.45, 7) is 2.68. The average Bonchev–Trinajstić information content (AvgIpc) is 3.52. The highest BCUT2D eigenvalue weighted by Crippen LogP contribution is 2.52. The van der Waals surface area contributed by atoms with Gasteiger partial charge in [0.1, 0.15) is 6.10 Å². The number of ether oxygens (including phenoxy) is 1. The van der Waals surface area contributed by atoms with Gasteiger partial charge in [-0.05, 0) is 56.0 Å². The number of aryl methyl sites for hydroxylation is 1. The lowest BCUT2D eigenvalue weighted by Crippen LogP contribution is -2.46. The first-order chi connectivity index (χ1) is 20.2. The van der Waals surface area contributed by atoms with Crippen LogP contribution in [0, 0.1) is 12.8 Å². The maximum absolute atomic E-state index is 14.3. The van der Waals surface area contributed by atoms with Crippen LogP contribution in [0.4, 0.5) is 17.2 Å². The predicted molar refractivity (Wildman–Crippen MR) is 160 cm³/mol. The summed E-state index contributed by atoms with van der Waals surface area (Å²) < 4.78 is 8.25. The van der Waals surface area contributed by atoms with Crippen LogP contribution in [0.15, 0.2) is 102 Å². The molecule has 4 aromatic rings. The van der Waals surface area contributed by atoms with Gasteiger partial charge < -0.3 is 9.64 Å². The van der Waals surface area contributed by atoms with Crippen LogP contribution in [0.25, 0.3) is 5.69 Å². The van der Waals surface area contributed by atoms with E-state index < -0.39 is 6.04 Å². The van der Waals surface area contributed by atoms with Crippen LogP contribution in [0.1, 0.15) is 48.5 Å². The van der Waals surface area contributed by atoms with E-state index in [0.717, 1.165) is 65.8 Å². The van der Waals surface area contributed by atoms with Crippen molar-refractivity contribution in [3.05, 3.63) is 114 Å². The van der Waals surface area contributed by atoms with Crippen LogP contribution in [-0.4, -0.2) is 27.6 Å². The van der Waals surface area contributed by atoms with Crippen LogP contribution in [0.2, 0.25) is 0 Å². The Labute approximate surface area is 239 Å². The first-order valence-electron chi connectivity index (χ1n) is 14.5. The Balaban J connectivity index is 1.35. The number of fused-ring (bicyclic) bond motifs is 5. The van der Waals surface area contributed by atoms with Crippen LogP contribution < -0.4 is 9.80 Å². The lowest BCUT2D eigenvalue weighted by atomic mass is 9.77. The summed E-state index contributed by atoms with van der Waals surface area (Å²) in [7, 11) is 0. The Kier molecular flexibility index (Phi) is 5.59. The molecule has 204 valence electrons. The molecule has 1 fully saturated rings. The van der Waals surface area contributed by atoms with Crippen molar-refractivity contribution in [1.82, 2.24) is 9.78 Å². The van der Waals surface area contributed by atoms with E-state index in [1.807, 2.05) is 48.0 Å². The highest BCUT2D eigenvalue weighted by molar-refractivity contribution is 6.19. The minimum Gasteiger partial charge on any atom is -0.497 e. The van der Waals surface area contributed by atoms with E-state index >= 15 is 0 Å². The van der Waals surface area contributed by atoms with E-state index in [9.17, 15) is 4.79 Å². The maximum atomic E-state index is 14.3. The topological polar surface area (TPSA) is 63.0 Å². The van der Waals surface area contributed by atoms with Gasteiger partial charge in [0.2, 0.25) is 5.96 Å². The summed E-state index contributed by atoms with van der Waals surface area (Å²) in [5.41, 5.74) is 6.72. The van der Waals surface area contributed by atoms with Gasteiger partial charge in [0.25, 0.3) is 0 Å². The van der Waals surface area contributed by atoms with E-state index in [2.05, 4.69) is 58.3 Å². The zero-order chi connectivity index (χ0) is 27.5. The summed E-state index contributed by atoms with van der Waals surface area (Å²) >= 11 is 0. The first kappa shape index (κ1) is 24.2. The minimum atomic E-state index is -0.396. The summed E-state index contributed by atoms with van der Waals surface area (Å²) in [6.07, 6.45) is 5.72. The van der Waals surface area contributed by atoms with Crippen molar-refractivity contribution in [3.63, 3.8) is 0 Å². The van der Waals surface area contributed by atoms with Crippen LogP contribution in [0.5, 0.6) is 0 Å². The smallest absolute Gasteiger partial charge is 0.213 e. The monoisotopic (exact) mass is 541 g/mol. The molecule has 0 amide bonds. The SMILES string of the molecule is Cc1nn(-c2ccccc2)c2c1C(C1=COC3CCCCC3C1=O)N1C(=N2)N(Cc2ccccc2)c2ccccc21. The molecule has 0 saturated heterocycles. The zero-order valence-electron chi connectivity index (χ0n) is 23.0. The van der Waals surface area contributed by atoms with Crippen molar-refractivity contribution in [2.45, 2.75) is 51.3 Å². The van der Waals surface area contributed by atoms with Crippen LogP contribution >= 0.6 is 0 Å². The Bertz CT molecular complexity index is 1710. The fourth-order valence-corrected chi connectivity index (χ4v) is 6.95. The summed E-state index contributed by atoms with van der Waals surface area (Å²) in [5, 5.41) is 4.99. The molecule has 3 aliphatic heterocycles. The molecule has 1 aromatic heterocycles. The van der Waals surface area contributed by atoms with Crippen LogP contribution in [0.3, 0.4) is 0 Å². The van der Waals surface area contributed by atoms with Crippen LogP contribution in [-0.2, 0) is 16.1 Å². The molecule has 4 aliphatic rings. The third-order valence-electron chi connectivity index (χ3n) is 8.88. The molecule has 3 aromatic carbocycles. The molecule has 7 heteroatoms. The number of Topliss-reactive ketones (excluding diaryl/α,β-unsaturated/α-hetero) is 1. The summed E-state index contributed by atoms with van der Waals surface area (Å²) in [4.78, 5) is 24.1. The van der Waals surface area contributed by atoms with Crippen molar-refractivity contribution in [3.8, 4) is 5.69 Å². The normalized spacial score (nSPS) is 22.7. The second-order valence-electron chi connectivity index (χ2n) is 11.3. The number of aromatic nitrogens is 2. The quantitative estimate of drug-likeness (QED) is 0.285. The lowest BCUT2D eigenvalue weighted by Gasteiger charge is -2.40. The molecular formula is C34H31N5O2. The van der Waals surface area contributed by atoms with Gasteiger partial charge >= 0.3 is 0 Å². The Morgan fingerprint density at radius 1 is 0.878 bits per heavy atom. The molecule has 7 nitrogen and oxygen atoms in total. The van der Waals surface area contributed by atoms with Crippen molar-refractivity contribution < 1.29 is 9.53 Å². The highest BCUT2D eigenvalue weighted by atomic mass is 16.5. The van der Waals surface area contributed by atoms with Crippen molar-refractivity contribution in [2.75, 3.05) is 9.80 Å². The number of benzene rings is 3.